The van der Waals surface area contributed by atoms with Crippen LogP contribution in [0.4, 0.5) is 0 Å². The normalized spacial score (nSPS) is 13.4. The van der Waals surface area contributed by atoms with Gasteiger partial charge < -0.3 is 20.3 Å². The highest BCUT2D eigenvalue weighted by molar-refractivity contribution is 5.77. The topological polar surface area (TPSA) is 95.9 Å². The predicted molar refractivity (Wildman–Crippen MR) is 241 cm³/mol. The third kappa shape index (κ3) is 39.2. The average molecular weight is 790 g/mol. The van der Waals surface area contributed by atoms with E-state index in [4.69, 9.17) is 4.74 Å². The molecule has 3 atom stereocenters. The summed E-state index contributed by atoms with van der Waals surface area (Å²) in [7, 11) is 0. The minimum Gasteiger partial charge on any atom is -0.462 e. The quantitative estimate of drug-likeness (QED) is 0.0324. The predicted octanol–water partition coefficient (Wildman–Crippen LogP) is 14.3. The molecule has 6 nitrogen and oxygen atoms in total. The third-order valence-corrected chi connectivity index (χ3v) is 11.2. The van der Waals surface area contributed by atoms with E-state index in [1.165, 1.54) is 141 Å². The minimum atomic E-state index is -0.785. The van der Waals surface area contributed by atoms with Gasteiger partial charge in [-0.15, -0.1) is 0 Å². The van der Waals surface area contributed by atoms with Gasteiger partial charge in [0.15, 0.2) is 0 Å². The van der Waals surface area contributed by atoms with Crippen LogP contribution in [0, 0.1) is 0 Å². The van der Waals surface area contributed by atoms with Crippen LogP contribution in [0.2, 0.25) is 0 Å². The van der Waals surface area contributed by atoms with E-state index in [1.807, 2.05) is 0 Å². The smallest absolute Gasteiger partial charge is 0.306 e. The molecule has 0 bridgehead atoms. The number of unbranched alkanes of at least 4 members (excludes halogenated alkanes) is 28. The lowest BCUT2D eigenvalue weighted by Crippen LogP contribution is -2.46. The van der Waals surface area contributed by atoms with Gasteiger partial charge in [-0.2, -0.15) is 0 Å². The van der Waals surface area contributed by atoms with Gasteiger partial charge in [0, 0.05) is 6.42 Å². The molecule has 0 aromatic heterocycles. The summed E-state index contributed by atoms with van der Waals surface area (Å²) in [4.78, 5) is 26.0. The summed E-state index contributed by atoms with van der Waals surface area (Å²) < 4.78 is 5.91. The summed E-state index contributed by atoms with van der Waals surface area (Å²) in [6.45, 7) is 6.41. The second-order valence-electron chi connectivity index (χ2n) is 16.9. The minimum absolute atomic E-state index is 0.0745. The third-order valence-electron chi connectivity index (χ3n) is 11.2. The van der Waals surface area contributed by atoms with Crippen LogP contribution in [-0.4, -0.2) is 46.9 Å². The van der Waals surface area contributed by atoms with E-state index in [1.54, 1.807) is 0 Å². The Morgan fingerprint density at radius 3 is 1.34 bits per heavy atom. The molecule has 0 aliphatic rings. The van der Waals surface area contributed by atoms with Gasteiger partial charge >= 0.3 is 5.97 Å². The van der Waals surface area contributed by atoms with Crippen LogP contribution < -0.4 is 5.32 Å². The van der Waals surface area contributed by atoms with E-state index in [-0.39, 0.29) is 24.9 Å². The molecule has 0 radical (unpaired) electrons. The molecular weight excluding hydrogens is 695 g/mol. The monoisotopic (exact) mass is 790 g/mol. The Balaban J connectivity index is 4.55. The van der Waals surface area contributed by atoms with Crippen molar-refractivity contribution in [2.24, 2.45) is 0 Å². The van der Waals surface area contributed by atoms with Crippen LogP contribution in [0.1, 0.15) is 258 Å². The van der Waals surface area contributed by atoms with Gasteiger partial charge in [0.1, 0.15) is 6.10 Å². The number of hydrogen-bond donors (Lipinski definition) is 3. The number of allylic oxidation sites excluding steroid dienone is 4. The molecule has 0 aliphatic heterocycles. The fourth-order valence-corrected chi connectivity index (χ4v) is 7.49. The Morgan fingerprint density at radius 1 is 0.500 bits per heavy atom. The van der Waals surface area contributed by atoms with E-state index in [9.17, 15) is 19.8 Å². The number of nitrogens with one attached hydrogen (secondary N) is 1. The molecule has 0 fully saturated rings. The SMILES string of the molecule is CCC/C=C\CCCCCCCC(=O)OC(CCCCCCCCC/C=C/CCCCCCCC)CC(=O)NC(CO)C(O)CCCCCCCCCCCC. The summed E-state index contributed by atoms with van der Waals surface area (Å²) in [6.07, 6.45) is 49.5. The van der Waals surface area contributed by atoms with Crippen LogP contribution in [0.3, 0.4) is 0 Å². The molecule has 6 heteroatoms. The molecule has 330 valence electrons. The van der Waals surface area contributed by atoms with Crippen LogP contribution in [0.15, 0.2) is 24.3 Å². The van der Waals surface area contributed by atoms with E-state index in [0.29, 0.717) is 19.3 Å². The molecule has 0 saturated heterocycles. The summed E-state index contributed by atoms with van der Waals surface area (Å²) in [5, 5.41) is 23.7. The first-order valence-electron chi connectivity index (χ1n) is 24.6. The van der Waals surface area contributed by atoms with E-state index in [2.05, 4.69) is 50.4 Å². The molecule has 1 amide bonds. The second kappa shape index (κ2) is 44.4. The van der Waals surface area contributed by atoms with Gasteiger partial charge in [-0.05, 0) is 70.6 Å². The first-order chi connectivity index (χ1) is 27.5. The molecule has 0 aromatic carbocycles. The van der Waals surface area contributed by atoms with Crippen molar-refractivity contribution < 1.29 is 24.5 Å². The zero-order valence-corrected chi connectivity index (χ0v) is 37.5. The lowest BCUT2D eigenvalue weighted by atomic mass is 10.0. The van der Waals surface area contributed by atoms with E-state index in [0.717, 1.165) is 70.6 Å². The fraction of sp³-hybridized carbons (Fsp3) is 0.880. The van der Waals surface area contributed by atoms with Crippen LogP contribution in [0.5, 0.6) is 0 Å². The van der Waals surface area contributed by atoms with Gasteiger partial charge in [0.05, 0.1) is 25.2 Å². The number of carbonyl (C=O) groups excluding carboxylic acids is 2. The van der Waals surface area contributed by atoms with E-state index >= 15 is 0 Å². The number of rotatable bonds is 44. The number of aliphatic hydroxyl groups excluding tert-OH is 2. The van der Waals surface area contributed by atoms with E-state index < -0.39 is 18.2 Å². The average Bonchev–Trinajstić information content (AvgIpc) is 3.19. The van der Waals surface area contributed by atoms with Crippen molar-refractivity contribution >= 4 is 11.9 Å². The van der Waals surface area contributed by atoms with Crippen LogP contribution >= 0.6 is 0 Å². The van der Waals surface area contributed by atoms with Gasteiger partial charge in [0.2, 0.25) is 5.91 Å². The first kappa shape index (κ1) is 54.3. The van der Waals surface area contributed by atoms with Crippen LogP contribution in [0.25, 0.3) is 0 Å². The fourth-order valence-electron chi connectivity index (χ4n) is 7.49. The largest absolute Gasteiger partial charge is 0.462 e. The number of carbonyl (C=O) groups is 2. The van der Waals surface area contributed by atoms with Gasteiger partial charge in [-0.1, -0.05) is 199 Å². The van der Waals surface area contributed by atoms with Gasteiger partial charge in [-0.25, -0.2) is 0 Å². The van der Waals surface area contributed by atoms with Gasteiger partial charge in [0.25, 0.3) is 0 Å². The van der Waals surface area contributed by atoms with Gasteiger partial charge in [-0.3, -0.25) is 9.59 Å². The number of hydrogen-bond acceptors (Lipinski definition) is 5. The maximum absolute atomic E-state index is 13.1. The second-order valence-corrected chi connectivity index (χ2v) is 16.9. The van der Waals surface area contributed by atoms with Crippen molar-refractivity contribution in [3.8, 4) is 0 Å². The number of ether oxygens (including phenoxy) is 1. The number of amides is 1. The lowest BCUT2D eigenvalue weighted by Gasteiger charge is -2.24. The number of aliphatic hydroxyl groups is 2. The Morgan fingerprint density at radius 2 is 0.893 bits per heavy atom. The molecule has 0 rings (SSSR count). The Bertz CT molecular complexity index is 889. The van der Waals surface area contributed by atoms with Crippen molar-refractivity contribution in [3.63, 3.8) is 0 Å². The molecule has 0 aromatic rings. The molecule has 3 unspecified atom stereocenters. The van der Waals surface area contributed by atoms with Crippen LogP contribution in [-0.2, 0) is 14.3 Å². The Labute approximate surface area is 348 Å². The maximum atomic E-state index is 13.1. The van der Waals surface area contributed by atoms with Crippen molar-refractivity contribution in [2.75, 3.05) is 6.61 Å². The summed E-state index contributed by atoms with van der Waals surface area (Å²) in [5.41, 5.74) is 0. The first-order valence-corrected chi connectivity index (χ1v) is 24.6. The summed E-state index contributed by atoms with van der Waals surface area (Å²) in [5.74, 6) is -0.482. The van der Waals surface area contributed by atoms with Crippen molar-refractivity contribution in [2.45, 2.75) is 277 Å². The molecule has 0 heterocycles. The highest BCUT2D eigenvalue weighted by Gasteiger charge is 2.24. The summed E-state index contributed by atoms with van der Waals surface area (Å²) in [6, 6.07) is -0.699. The highest BCUT2D eigenvalue weighted by Crippen LogP contribution is 2.18. The molecular formula is C50H95NO5. The maximum Gasteiger partial charge on any atom is 0.306 e. The standard InChI is InChI=1S/C50H95NO5/c1-4-7-10-13-16-19-22-23-24-25-26-27-28-29-32-35-38-41-46(56-50(55)43-40-37-34-31-21-18-15-12-9-6-3)44-49(54)51-47(45-52)48(53)42-39-36-33-30-20-17-14-11-8-5-2/h12,15,23-24,46-48,52-53H,4-11,13-14,16-22,25-45H2,1-3H3,(H,51,54)/b15-12-,24-23+. The van der Waals surface area contributed by atoms with Crippen molar-refractivity contribution in [1.29, 1.82) is 0 Å². The molecule has 0 saturated carbocycles. The highest BCUT2D eigenvalue weighted by atomic mass is 16.5. The summed E-state index contributed by atoms with van der Waals surface area (Å²) >= 11 is 0. The number of esters is 1. The zero-order chi connectivity index (χ0) is 41.0. The van der Waals surface area contributed by atoms with Crippen molar-refractivity contribution in [3.05, 3.63) is 24.3 Å². The zero-order valence-electron chi connectivity index (χ0n) is 37.5. The molecule has 0 spiro atoms. The molecule has 0 aliphatic carbocycles. The Hall–Kier alpha value is -1.66. The molecule has 56 heavy (non-hydrogen) atoms. The Kier molecular flexibility index (Phi) is 43.1. The molecule has 3 N–H and O–H groups in total. The lowest BCUT2D eigenvalue weighted by molar-refractivity contribution is -0.151. The van der Waals surface area contributed by atoms with Crippen molar-refractivity contribution in [1.82, 2.24) is 5.32 Å².